The molecule has 0 aliphatic rings. The van der Waals surface area contributed by atoms with E-state index in [-0.39, 0.29) is 6.61 Å². The van der Waals surface area contributed by atoms with Gasteiger partial charge in [-0.2, -0.15) is 0 Å². The molecule has 0 bridgehead atoms. The molecule has 6 heteroatoms. The minimum atomic E-state index is 0.0527. The van der Waals surface area contributed by atoms with E-state index in [1.807, 2.05) is 18.0 Å². The van der Waals surface area contributed by atoms with E-state index in [1.165, 1.54) is 6.33 Å². The summed E-state index contributed by atoms with van der Waals surface area (Å²) in [5, 5.41) is 8.64. The van der Waals surface area contributed by atoms with Crippen molar-refractivity contribution in [3.05, 3.63) is 24.8 Å². The van der Waals surface area contributed by atoms with Crippen molar-refractivity contribution in [3.8, 4) is 0 Å². The zero-order valence-corrected chi connectivity index (χ0v) is 8.96. The Morgan fingerprint density at radius 2 is 2.25 bits per heavy atom. The molecule has 0 atom stereocenters. The number of nitrogens with zero attached hydrogens (tertiary/aromatic N) is 4. The van der Waals surface area contributed by atoms with Crippen molar-refractivity contribution in [1.29, 1.82) is 0 Å². The maximum Gasteiger partial charge on any atom is 0.182 e. The van der Waals surface area contributed by atoms with E-state index >= 15 is 0 Å². The minimum Gasteiger partial charge on any atom is -0.392 e. The predicted octanol–water partition coefficient (Wildman–Crippen LogP) is 0.338. The number of hydrogen-bond donors (Lipinski definition) is 2. The second-order valence-electron chi connectivity index (χ2n) is 3.33. The van der Waals surface area contributed by atoms with Crippen LogP contribution in [0.2, 0.25) is 0 Å². The van der Waals surface area contributed by atoms with E-state index < -0.39 is 0 Å². The third-order valence-corrected chi connectivity index (χ3v) is 2.22. The monoisotopic (exact) mass is 219 g/mol. The Balaban J connectivity index is 2.25. The molecule has 2 aromatic heterocycles. The number of fused-ring (bicyclic) bond motifs is 1. The van der Waals surface area contributed by atoms with Gasteiger partial charge in [-0.25, -0.2) is 15.0 Å². The molecule has 2 rings (SSSR count). The van der Waals surface area contributed by atoms with Gasteiger partial charge in [-0.1, -0.05) is 12.2 Å². The summed E-state index contributed by atoms with van der Waals surface area (Å²) in [7, 11) is 1.92. The topological polar surface area (TPSA) is 77.9 Å². The lowest BCUT2D eigenvalue weighted by atomic mass is 10.4. The van der Waals surface area contributed by atoms with Crippen molar-refractivity contribution in [2.45, 2.75) is 0 Å². The normalized spacial score (nSPS) is 11.4. The van der Waals surface area contributed by atoms with Crippen LogP contribution in [0.1, 0.15) is 0 Å². The third-order valence-electron chi connectivity index (χ3n) is 2.22. The van der Waals surface area contributed by atoms with Gasteiger partial charge < -0.3 is 15.0 Å². The molecule has 0 fully saturated rings. The largest absolute Gasteiger partial charge is 0.392 e. The first-order valence-electron chi connectivity index (χ1n) is 4.94. The van der Waals surface area contributed by atoms with Gasteiger partial charge in [0.1, 0.15) is 11.8 Å². The van der Waals surface area contributed by atoms with E-state index in [2.05, 4.69) is 19.9 Å². The number of rotatable bonds is 4. The fraction of sp³-hybridized carbons (Fsp3) is 0.300. The number of nitrogens with one attached hydrogen (secondary N) is 1. The van der Waals surface area contributed by atoms with Gasteiger partial charge in [0.05, 0.1) is 12.9 Å². The lowest BCUT2D eigenvalue weighted by Crippen LogP contribution is -2.18. The number of H-pyrrole nitrogens is 1. The van der Waals surface area contributed by atoms with E-state index in [1.54, 1.807) is 12.4 Å². The fourth-order valence-electron chi connectivity index (χ4n) is 1.44. The average Bonchev–Trinajstić information content (AvgIpc) is 2.76. The van der Waals surface area contributed by atoms with Gasteiger partial charge in [-0.05, 0) is 0 Å². The summed E-state index contributed by atoms with van der Waals surface area (Å²) in [4.78, 5) is 17.3. The Morgan fingerprint density at radius 1 is 1.38 bits per heavy atom. The van der Waals surface area contributed by atoms with Gasteiger partial charge in [0.25, 0.3) is 0 Å². The molecule has 2 heterocycles. The molecule has 16 heavy (non-hydrogen) atoms. The van der Waals surface area contributed by atoms with Crippen LogP contribution in [0.3, 0.4) is 0 Å². The first-order valence-corrected chi connectivity index (χ1v) is 4.94. The van der Waals surface area contributed by atoms with Crippen LogP contribution in [0.5, 0.6) is 0 Å². The van der Waals surface area contributed by atoms with Gasteiger partial charge >= 0.3 is 0 Å². The molecule has 0 amide bonds. The first kappa shape index (κ1) is 10.6. The molecule has 84 valence electrons. The van der Waals surface area contributed by atoms with E-state index in [9.17, 15) is 0 Å². The van der Waals surface area contributed by atoms with Gasteiger partial charge in [0.2, 0.25) is 0 Å². The molecular formula is C10H13N5O. The molecule has 2 aromatic rings. The Labute approximate surface area is 92.7 Å². The Kier molecular flexibility index (Phi) is 3.11. The summed E-state index contributed by atoms with van der Waals surface area (Å²) < 4.78 is 0. The molecule has 0 aliphatic heterocycles. The quantitative estimate of drug-likeness (QED) is 0.725. The zero-order valence-electron chi connectivity index (χ0n) is 8.96. The highest BCUT2D eigenvalue weighted by Crippen LogP contribution is 2.17. The van der Waals surface area contributed by atoms with Gasteiger partial charge in [-0.15, -0.1) is 0 Å². The van der Waals surface area contributed by atoms with Crippen molar-refractivity contribution in [2.75, 3.05) is 25.1 Å². The molecule has 0 saturated heterocycles. The van der Waals surface area contributed by atoms with Crippen molar-refractivity contribution in [1.82, 2.24) is 19.9 Å². The van der Waals surface area contributed by atoms with E-state index in [0.717, 1.165) is 11.3 Å². The molecular weight excluding hydrogens is 206 g/mol. The summed E-state index contributed by atoms with van der Waals surface area (Å²) in [6.45, 7) is 0.725. The summed E-state index contributed by atoms with van der Waals surface area (Å²) in [6, 6.07) is 0. The standard InChI is InChI=1S/C10H13N5O/c1-15(4-2-3-5-16)10-8-9(12-6-11-8)13-7-14-10/h2-3,6-7,16H,4-5H2,1H3,(H,11,12,13,14)/b3-2+. The second kappa shape index (κ2) is 4.71. The van der Waals surface area contributed by atoms with Crippen LogP contribution in [0.4, 0.5) is 5.82 Å². The number of aromatic nitrogens is 4. The fourth-order valence-corrected chi connectivity index (χ4v) is 1.44. The lowest BCUT2D eigenvalue weighted by molar-refractivity contribution is 0.342. The summed E-state index contributed by atoms with van der Waals surface area (Å²) in [5.41, 5.74) is 1.48. The van der Waals surface area contributed by atoms with Crippen LogP contribution in [0.15, 0.2) is 24.8 Å². The Bertz CT molecular complexity index is 493. The second-order valence-corrected chi connectivity index (χ2v) is 3.33. The molecule has 0 aromatic carbocycles. The van der Waals surface area contributed by atoms with Gasteiger partial charge in [0, 0.05) is 13.6 Å². The van der Waals surface area contributed by atoms with E-state index in [0.29, 0.717) is 12.2 Å². The molecule has 6 nitrogen and oxygen atoms in total. The highest BCUT2D eigenvalue weighted by molar-refractivity contribution is 5.82. The number of anilines is 1. The minimum absolute atomic E-state index is 0.0527. The van der Waals surface area contributed by atoms with Crippen LogP contribution in [-0.2, 0) is 0 Å². The lowest BCUT2D eigenvalue weighted by Gasteiger charge is -2.15. The maximum absolute atomic E-state index is 8.64. The van der Waals surface area contributed by atoms with Crippen LogP contribution in [0.25, 0.3) is 11.2 Å². The third kappa shape index (κ3) is 2.01. The number of imidazole rings is 1. The van der Waals surface area contributed by atoms with Crippen LogP contribution in [-0.4, -0.2) is 45.2 Å². The molecule has 0 radical (unpaired) electrons. The highest BCUT2D eigenvalue weighted by atomic mass is 16.2. The molecule has 2 N–H and O–H groups in total. The zero-order chi connectivity index (χ0) is 11.4. The van der Waals surface area contributed by atoms with Gasteiger partial charge in [-0.3, -0.25) is 0 Å². The summed E-state index contributed by atoms with van der Waals surface area (Å²) >= 11 is 0. The Morgan fingerprint density at radius 3 is 3.06 bits per heavy atom. The summed E-state index contributed by atoms with van der Waals surface area (Å²) in [6.07, 6.45) is 6.66. The van der Waals surface area contributed by atoms with Gasteiger partial charge in [0.15, 0.2) is 11.5 Å². The van der Waals surface area contributed by atoms with Crippen molar-refractivity contribution < 1.29 is 5.11 Å². The van der Waals surface area contributed by atoms with Crippen molar-refractivity contribution >= 4 is 17.0 Å². The highest BCUT2D eigenvalue weighted by Gasteiger charge is 2.08. The maximum atomic E-state index is 8.64. The van der Waals surface area contributed by atoms with Crippen LogP contribution in [0, 0.1) is 0 Å². The van der Waals surface area contributed by atoms with Crippen molar-refractivity contribution in [2.24, 2.45) is 0 Å². The number of aromatic amines is 1. The number of aliphatic hydroxyl groups is 1. The number of hydrogen-bond acceptors (Lipinski definition) is 5. The molecule has 0 unspecified atom stereocenters. The average molecular weight is 219 g/mol. The molecule has 0 spiro atoms. The van der Waals surface area contributed by atoms with Crippen molar-refractivity contribution in [3.63, 3.8) is 0 Å². The predicted molar refractivity (Wildman–Crippen MR) is 61.2 cm³/mol. The summed E-state index contributed by atoms with van der Waals surface area (Å²) in [5.74, 6) is 0.796. The number of aliphatic hydroxyl groups excluding tert-OH is 1. The molecule has 0 aliphatic carbocycles. The Hall–Kier alpha value is -1.95. The SMILES string of the molecule is CN(C/C=C/CO)c1ncnc2nc[nH]c12. The molecule has 0 saturated carbocycles. The van der Waals surface area contributed by atoms with Crippen LogP contribution < -0.4 is 4.90 Å². The van der Waals surface area contributed by atoms with E-state index in [4.69, 9.17) is 5.11 Å². The smallest absolute Gasteiger partial charge is 0.182 e. The number of likely N-dealkylation sites (N-methyl/N-ethyl adjacent to an activating group) is 1. The van der Waals surface area contributed by atoms with Crippen LogP contribution >= 0.6 is 0 Å². The first-order chi connectivity index (χ1) is 7.83.